The maximum atomic E-state index is 13.5. The first-order valence-electron chi connectivity index (χ1n) is 5.46. The van der Waals surface area contributed by atoms with E-state index in [0.717, 1.165) is 12.8 Å². The van der Waals surface area contributed by atoms with Crippen LogP contribution in [0.3, 0.4) is 0 Å². The summed E-state index contributed by atoms with van der Waals surface area (Å²) in [4.78, 5) is 18.7. The molecule has 1 aromatic carbocycles. The van der Waals surface area contributed by atoms with Gasteiger partial charge in [0.2, 0.25) is 0 Å². The van der Waals surface area contributed by atoms with Crippen molar-refractivity contribution in [1.29, 1.82) is 0 Å². The maximum Gasteiger partial charge on any atom is 0.270 e. The number of hydrogen-bond acceptors (Lipinski definition) is 3. The van der Waals surface area contributed by atoms with E-state index in [1.54, 1.807) is 0 Å². The smallest absolute Gasteiger partial charge is 0.270 e. The van der Waals surface area contributed by atoms with Gasteiger partial charge >= 0.3 is 0 Å². The summed E-state index contributed by atoms with van der Waals surface area (Å²) < 4.78 is 18.4. The van der Waals surface area contributed by atoms with Crippen LogP contribution < -0.4 is 10.3 Å². The number of H-pyrrole nitrogens is 1. The van der Waals surface area contributed by atoms with Crippen molar-refractivity contribution in [3.63, 3.8) is 0 Å². The third-order valence-electron chi connectivity index (χ3n) is 2.96. The number of fused-ring (bicyclic) bond motifs is 1. The maximum absolute atomic E-state index is 13.5. The van der Waals surface area contributed by atoms with Crippen LogP contribution >= 0.6 is 0 Å². The fraction of sp³-hybridized carbons (Fsp3) is 0.333. The van der Waals surface area contributed by atoms with Gasteiger partial charge in [-0.2, -0.15) is 0 Å². The Labute approximate surface area is 96.4 Å². The lowest BCUT2D eigenvalue weighted by atomic mass is 10.2. The second-order valence-electron chi connectivity index (χ2n) is 4.23. The zero-order chi connectivity index (χ0) is 12.0. The van der Waals surface area contributed by atoms with Gasteiger partial charge < -0.3 is 9.72 Å². The number of rotatable bonds is 2. The molecule has 1 N–H and O–H groups in total. The largest absolute Gasteiger partial charge is 0.494 e. The number of nitrogens with one attached hydrogen (secondary N) is 1. The van der Waals surface area contributed by atoms with E-state index in [4.69, 9.17) is 4.74 Å². The van der Waals surface area contributed by atoms with Crippen molar-refractivity contribution in [2.24, 2.45) is 0 Å². The SMILES string of the molecule is COc1cc2[nH]c(=O)c(C3CC3)nc2cc1F. The molecule has 1 fully saturated rings. The van der Waals surface area contributed by atoms with E-state index < -0.39 is 5.82 Å². The van der Waals surface area contributed by atoms with Crippen LogP contribution in [-0.4, -0.2) is 17.1 Å². The van der Waals surface area contributed by atoms with E-state index in [0.29, 0.717) is 16.7 Å². The van der Waals surface area contributed by atoms with Gasteiger partial charge in [-0.15, -0.1) is 0 Å². The van der Waals surface area contributed by atoms with Crippen molar-refractivity contribution in [1.82, 2.24) is 9.97 Å². The predicted octanol–water partition coefficient (Wildman–Crippen LogP) is 1.95. The van der Waals surface area contributed by atoms with Gasteiger partial charge in [-0.3, -0.25) is 4.79 Å². The third-order valence-corrected chi connectivity index (χ3v) is 2.96. The van der Waals surface area contributed by atoms with Gasteiger partial charge in [-0.05, 0) is 12.8 Å². The van der Waals surface area contributed by atoms with Crippen LogP contribution in [0.5, 0.6) is 5.75 Å². The van der Waals surface area contributed by atoms with E-state index in [1.807, 2.05) is 0 Å². The first-order valence-corrected chi connectivity index (χ1v) is 5.46. The molecule has 3 rings (SSSR count). The normalized spacial score (nSPS) is 15.2. The van der Waals surface area contributed by atoms with Crippen molar-refractivity contribution >= 4 is 11.0 Å². The fourth-order valence-corrected chi connectivity index (χ4v) is 1.89. The summed E-state index contributed by atoms with van der Waals surface area (Å²) >= 11 is 0. The van der Waals surface area contributed by atoms with Crippen LogP contribution in [0.1, 0.15) is 24.5 Å². The molecule has 1 aliphatic carbocycles. The molecule has 0 spiro atoms. The first kappa shape index (κ1) is 10.3. The zero-order valence-electron chi connectivity index (χ0n) is 9.29. The average molecular weight is 234 g/mol. The molecule has 0 unspecified atom stereocenters. The quantitative estimate of drug-likeness (QED) is 0.864. The highest BCUT2D eigenvalue weighted by atomic mass is 19.1. The molecule has 0 bridgehead atoms. The van der Waals surface area contributed by atoms with E-state index in [2.05, 4.69) is 9.97 Å². The predicted molar refractivity (Wildman–Crippen MR) is 60.8 cm³/mol. The van der Waals surface area contributed by atoms with Gasteiger partial charge in [0.25, 0.3) is 5.56 Å². The molecule has 0 saturated heterocycles. The Balaban J connectivity index is 2.26. The minimum atomic E-state index is -0.471. The van der Waals surface area contributed by atoms with Crippen molar-refractivity contribution < 1.29 is 9.13 Å². The minimum absolute atomic E-state index is 0.106. The Hall–Kier alpha value is -1.91. The summed E-state index contributed by atoms with van der Waals surface area (Å²) in [6.07, 6.45) is 1.97. The highest BCUT2D eigenvalue weighted by Crippen LogP contribution is 2.37. The lowest BCUT2D eigenvalue weighted by Gasteiger charge is -2.05. The van der Waals surface area contributed by atoms with Crippen LogP contribution in [0, 0.1) is 5.82 Å². The summed E-state index contributed by atoms with van der Waals surface area (Å²) in [6.45, 7) is 0. The van der Waals surface area contributed by atoms with Gasteiger partial charge in [0.05, 0.1) is 18.1 Å². The Morgan fingerprint density at radius 3 is 2.88 bits per heavy atom. The van der Waals surface area contributed by atoms with Crippen molar-refractivity contribution in [3.05, 3.63) is 34.0 Å². The molecule has 0 amide bonds. The van der Waals surface area contributed by atoms with Crippen LogP contribution in [0.15, 0.2) is 16.9 Å². The van der Waals surface area contributed by atoms with Crippen LogP contribution in [0.25, 0.3) is 11.0 Å². The molecule has 2 aromatic rings. The first-order chi connectivity index (χ1) is 8.19. The molecule has 17 heavy (non-hydrogen) atoms. The number of aromatic nitrogens is 2. The van der Waals surface area contributed by atoms with Gasteiger partial charge in [-0.1, -0.05) is 0 Å². The third kappa shape index (κ3) is 1.67. The molecule has 1 saturated carbocycles. The van der Waals surface area contributed by atoms with Crippen LogP contribution in [0.4, 0.5) is 4.39 Å². The molecule has 0 atom stereocenters. The number of benzene rings is 1. The fourth-order valence-electron chi connectivity index (χ4n) is 1.89. The molecule has 88 valence electrons. The molecule has 1 heterocycles. The Bertz CT molecular complexity index is 647. The van der Waals surface area contributed by atoms with E-state index >= 15 is 0 Å². The Morgan fingerprint density at radius 1 is 1.47 bits per heavy atom. The molecule has 1 aromatic heterocycles. The lowest BCUT2D eigenvalue weighted by Crippen LogP contribution is -2.14. The van der Waals surface area contributed by atoms with E-state index in [1.165, 1.54) is 19.2 Å². The molecule has 4 nitrogen and oxygen atoms in total. The van der Waals surface area contributed by atoms with Gasteiger partial charge in [0, 0.05) is 18.1 Å². The van der Waals surface area contributed by atoms with Gasteiger partial charge in [0.1, 0.15) is 5.69 Å². The number of ether oxygens (including phenoxy) is 1. The van der Waals surface area contributed by atoms with E-state index in [-0.39, 0.29) is 17.2 Å². The Kier molecular flexibility index (Phi) is 2.14. The molecule has 1 aliphatic rings. The molecule has 0 radical (unpaired) electrons. The lowest BCUT2D eigenvalue weighted by molar-refractivity contribution is 0.387. The summed E-state index contributed by atoms with van der Waals surface area (Å²) in [7, 11) is 1.38. The second kappa shape index (κ2) is 3.55. The van der Waals surface area contributed by atoms with Crippen molar-refractivity contribution in [2.75, 3.05) is 7.11 Å². The highest BCUT2D eigenvalue weighted by Gasteiger charge is 2.28. The van der Waals surface area contributed by atoms with Crippen LogP contribution in [0.2, 0.25) is 0 Å². The number of nitrogens with zero attached hydrogens (tertiary/aromatic N) is 1. The topological polar surface area (TPSA) is 55.0 Å². The number of halogens is 1. The molecule has 5 heteroatoms. The molecular weight excluding hydrogens is 223 g/mol. The monoisotopic (exact) mass is 234 g/mol. The zero-order valence-corrected chi connectivity index (χ0v) is 9.29. The van der Waals surface area contributed by atoms with Gasteiger partial charge in [-0.25, -0.2) is 9.37 Å². The number of hydrogen-bond donors (Lipinski definition) is 1. The van der Waals surface area contributed by atoms with Crippen molar-refractivity contribution in [2.45, 2.75) is 18.8 Å². The summed E-state index contributed by atoms with van der Waals surface area (Å²) in [5.41, 5.74) is 1.29. The summed E-state index contributed by atoms with van der Waals surface area (Å²) in [5.74, 6) is -0.122. The molecule has 0 aliphatic heterocycles. The van der Waals surface area contributed by atoms with Crippen LogP contribution in [-0.2, 0) is 0 Å². The number of methoxy groups -OCH3 is 1. The van der Waals surface area contributed by atoms with Crippen molar-refractivity contribution in [3.8, 4) is 5.75 Å². The van der Waals surface area contributed by atoms with Gasteiger partial charge in [0.15, 0.2) is 11.6 Å². The molecular formula is C12H11FN2O2. The number of aromatic amines is 1. The minimum Gasteiger partial charge on any atom is -0.494 e. The summed E-state index contributed by atoms with van der Waals surface area (Å²) in [6, 6.07) is 2.74. The second-order valence-corrected chi connectivity index (χ2v) is 4.23. The average Bonchev–Trinajstić information content (AvgIpc) is 3.12. The summed E-state index contributed by atoms with van der Waals surface area (Å²) in [5, 5.41) is 0. The Morgan fingerprint density at radius 2 is 2.24 bits per heavy atom. The standard InChI is InChI=1S/C12H11FN2O2/c1-17-10-5-9-8(4-7(10)13)14-11(6-2-3-6)12(16)15-9/h4-6H,2-3H2,1H3,(H,15,16). The highest BCUT2D eigenvalue weighted by molar-refractivity contribution is 5.76. The van der Waals surface area contributed by atoms with E-state index in [9.17, 15) is 9.18 Å².